The van der Waals surface area contributed by atoms with Crippen LogP contribution in [0.2, 0.25) is 0 Å². The first-order valence-corrected chi connectivity index (χ1v) is 11.7. The molecule has 0 bridgehead atoms. The molecular weight excluding hydrogens is 392 g/mol. The van der Waals surface area contributed by atoms with E-state index in [4.69, 9.17) is 14.5 Å². The molecule has 2 aliphatic rings. The van der Waals surface area contributed by atoms with Crippen molar-refractivity contribution in [2.75, 3.05) is 57.9 Å². The molecule has 1 N–H and O–H groups in total. The van der Waals surface area contributed by atoms with Gasteiger partial charge in [0.15, 0.2) is 5.96 Å². The second kappa shape index (κ2) is 12.7. The number of nitrogens with one attached hydrogen (secondary N) is 1. The molecule has 1 aromatic carbocycles. The van der Waals surface area contributed by atoms with E-state index in [1.807, 2.05) is 23.1 Å². The van der Waals surface area contributed by atoms with Crippen LogP contribution in [-0.2, 0) is 20.7 Å². The number of hydrogen-bond acceptors (Lipinski definition) is 4. The van der Waals surface area contributed by atoms with Crippen LogP contribution in [0.3, 0.4) is 0 Å². The van der Waals surface area contributed by atoms with Gasteiger partial charge in [-0.15, -0.1) is 0 Å². The first-order valence-electron chi connectivity index (χ1n) is 11.7. The van der Waals surface area contributed by atoms with Gasteiger partial charge in [0, 0.05) is 65.2 Å². The number of rotatable bonds is 10. The average Bonchev–Trinajstić information content (AvgIpc) is 3.23. The number of aliphatic imine (C=N–C) groups is 1. The van der Waals surface area contributed by atoms with Crippen LogP contribution in [0.25, 0.3) is 0 Å². The highest BCUT2D eigenvalue weighted by atomic mass is 16.5. The minimum atomic E-state index is 0.205. The zero-order valence-electron chi connectivity index (χ0n) is 19.1. The van der Waals surface area contributed by atoms with Gasteiger partial charge in [-0.05, 0) is 50.7 Å². The number of carbonyl (C=O) groups excluding carboxylic acids is 1. The Bertz CT molecular complexity index is 717. The van der Waals surface area contributed by atoms with Crippen molar-refractivity contribution in [3.05, 3.63) is 29.8 Å². The van der Waals surface area contributed by atoms with Gasteiger partial charge in [-0.1, -0.05) is 18.2 Å². The SMILES string of the molecule is CCNC(=NCCCC(=O)N1CCc2ccccc21)N1CCC(OCCCOC)CC1. The molecule has 1 aromatic rings. The monoisotopic (exact) mass is 430 g/mol. The predicted molar refractivity (Wildman–Crippen MR) is 125 cm³/mol. The molecule has 1 fully saturated rings. The number of ether oxygens (including phenoxy) is 2. The normalized spacial score (nSPS) is 17.2. The number of fused-ring (bicyclic) bond motifs is 1. The summed E-state index contributed by atoms with van der Waals surface area (Å²) < 4.78 is 11.0. The molecule has 0 aliphatic carbocycles. The quantitative estimate of drug-likeness (QED) is 0.351. The molecule has 0 unspecified atom stereocenters. The number of amides is 1. The molecule has 0 spiro atoms. The van der Waals surface area contributed by atoms with Crippen LogP contribution in [0.15, 0.2) is 29.3 Å². The van der Waals surface area contributed by atoms with E-state index in [9.17, 15) is 4.79 Å². The highest BCUT2D eigenvalue weighted by molar-refractivity contribution is 5.95. The summed E-state index contributed by atoms with van der Waals surface area (Å²) in [6.45, 7) is 7.81. The molecule has 2 heterocycles. The third-order valence-electron chi connectivity index (χ3n) is 5.92. The molecular formula is C24H38N4O3. The molecule has 1 amide bonds. The van der Waals surface area contributed by atoms with Crippen molar-refractivity contribution in [1.29, 1.82) is 0 Å². The van der Waals surface area contributed by atoms with E-state index in [1.165, 1.54) is 5.56 Å². The number of methoxy groups -OCH3 is 1. The number of carbonyl (C=O) groups is 1. The smallest absolute Gasteiger partial charge is 0.227 e. The van der Waals surface area contributed by atoms with Gasteiger partial charge in [0.25, 0.3) is 0 Å². The zero-order chi connectivity index (χ0) is 21.9. The Hall–Kier alpha value is -2.12. The van der Waals surface area contributed by atoms with Crippen molar-refractivity contribution < 1.29 is 14.3 Å². The maximum absolute atomic E-state index is 12.7. The Morgan fingerprint density at radius 1 is 1.16 bits per heavy atom. The molecule has 7 nitrogen and oxygen atoms in total. The van der Waals surface area contributed by atoms with Crippen LogP contribution < -0.4 is 10.2 Å². The highest BCUT2D eigenvalue weighted by Crippen LogP contribution is 2.28. The van der Waals surface area contributed by atoms with Gasteiger partial charge in [0.05, 0.1) is 6.10 Å². The molecule has 3 rings (SSSR count). The summed E-state index contributed by atoms with van der Waals surface area (Å²) in [6.07, 6.45) is 5.57. The van der Waals surface area contributed by atoms with Crippen LogP contribution in [0.4, 0.5) is 5.69 Å². The van der Waals surface area contributed by atoms with Gasteiger partial charge in [-0.25, -0.2) is 0 Å². The zero-order valence-corrected chi connectivity index (χ0v) is 19.1. The average molecular weight is 431 g/mol. The topological polar surface area (TPSA) is 66.4 Å². The number of benzene rings is 1. The van der Waals surface area contributed by atoms with E-state index < -0.39 is 0 Å². The molecule has 0 aromatic heterocycles. The lowest BCUT2D eigenvalue weighted by Gasteiger charge is -2.34. The summed E-state index contributed by atoms with van der Waals surface area (Å²) >= 11 is 0. The van der Waals surface area contributed by atoms with E-state index in [2.05, 4.69) is 23.2 Å². The van der Waals surface area contributed by atoms with Gasteiger partial charge in [0.1, 0.15) is 0 Å². The van der Waals surface area contributed by atoms with E-state index in [0.717, 1.165) is 83.1 Å². The molecule has 2 aliphatic heterocycles. The lowest BCUT2D eigenvalue weighted by Crippen LogP contribution is -2.47. The number of anilines is 1. The number of guanidine groups is 1. The van der Waals surface area contributed by atoms with Crippen LogP contribution in [0.5, 0.6) is 0 Å². The third kappa shape index (κ3) is 6.94. The second-order valence-corrected chi connectivity index (χ2v) is 8.17. The fourth-order valence-electron chi connectivity index (χ4n) is 4.26. The standard InChI is InChI=1S/C24H38N4O3/c1-3-25-24(27-15-12-21(13-16-27)31-19-7-18-30-2)26-14-6-10-23(29)28-17-11-20-8-4-5-9-22(20)28/h4-5,8-9,21H,3,6-7,10-19H2,1-2H3,(H,25,26). The van der Waals surface area contributed by atoms with Gasteiger partial charge in [-0.3, -0.25) is 9.79 Å². The largest absolute Gasteiger partial charge is 0.385 e. The van der Waals surface area contributed by atoms with Crippen LogP contribution >= 0.6 is 0 Å². The molecule has 1 saturated heterocycles. The lowest BCUT2D eigenvalue weighted by molar-refractivity contribution is -0.118. The Labute approximate surface area is 186 Å². The van der Waals surface area contributed by atoms with Crippen molar-refractivity contribution in [3.8, 4) is 0 Å². The lowest BCUT2D eigenvalue weighted by atomic mass is 10.1. The fourth-order valence-corrected chi connectivity index (χ4v) is 4.26. The van der Waals surface area contributed by atoms with E-state index in [1.54, 1.807) is 7.11 Å². The van der Waals surface area contributed by atoms with E-state index in [-0.39, 0.29) is 5.91 Å². The van der Waals surface area contributed by atoms with Crippen molar-refractivity contribution in [2.45, 2.75) is 51.6 Å². The minimum Gasteiger partial charge on any atom is -0.385 e. The molecule has 7 heteroatoms. The summed E-state index contributed by atoms with van der Waals surface area (Å²) in [5.41, 5.74) is 2.35. The summed E-state index contributed by atoms with van der Waals surface area (Å²) in [7, 11) is 1.72. The summed E-state index contributed by atoms with van der Waals surface area (Å²) in [6, 6.07) is 8.21. The van der Waals surface area contributed by atoms with Crippen molar-refractivity contribution in [2.24, 2.45) is 4.99 Å². The summed E-state index contributed by atoms with van der Waals surface area (Å²) in [5, 5.41) is 3.41. The maximum Gasteiger partial charge on any atom is 0.227 e. The van der Waals surface area contributed by atoms with Gasteiger partial charge in [-0.2, -0.15) is 0 Å². The number of para-hydroxylation sites is 1. The fraction of sp³-hybridized carbons (Fsp3) is 0.667. The van der Waals surface area contributed by atoms with Crippen molar-refractivity contribution in [1.82, 2.24) is 10.2 Å². The number of likely N-dealkylation sites (tertiary alicyclic amines) is 1. The maximum atomic E-state index is 12.7. The van der Waals surface area contributed by atoms with Crippen LogP contribution in [0, 0.1) is 0 Å². The molecule has 31 heavy (non-hydrogen) atoms. The molecule has 0 radical (unpaired) electrons. The van der Waals surface area contributed by atoms with Gasteiger partial charge in [0.2, 0.25) is 5.91 Å². The summed E-state index contributed by atoms with van der Waals surface area (Å²) in [4.78, 5) is 21.7. The van der Waals surface area contributed by atoms with E-state index in [0.29, 0.717) is 19.1 Å². The van der Waals surface area contributed by atoms with Crippen LogP contribution in [0.1, 0.15) is 44.6 Å². The number of piperidine rings is 1. The van der Waals surface area contributed by atoms with Crippen LogP contribution in [-0.4, -0.2) is 75.9 Å². The number of hydrogen-bond donors (Lipinski definition) is 1. The number of nitrogens with zero attached hydrogens (tertiary/aromatic N) is 3. The predicted octanol–water partition coefficient (Wildman–Crippen LogP) is 2.84. The summed E-state index contributed by atoms with van der Waals surface area (Å²) in [5.74, 6) is 1.16. The Balaban J connectivity index is 1.40. The molecule has 172 valence electrons. The Morgan fingerprint density at radius 2 is 1.97 bits per heavy atom. The van der Waals surface area contributed by atoms with Gasteiger partial charge >= 0.3 is 0 Å². The first-order chi connectivity index (χ1) is 15.2. The van der Waals surface area contributed by atoms with Crippen molar-refractivity contribution >= 4 is 17.6 Å². The molecule has 0 atom stereocenters. The Morgan fingerprint density at radius 3 is 2.74 bits per heavy atom. The Kier molecular flexibility index (Phi) is 9.62. The minimum absolute atomic E-state index is 0.205. The second-order valence-electron chi connectivity index (χ2n) is 8.17. The highest BCUT2D eigenvalue weighted by Gasteiger charge is 2.24. The van der Waals surface area contributed by atoms with E-state index >= 15 is 0 Å². The van der Waals surface area contributed by atoms with Gasteiger partial charge < -0.3 is 24.6 Å². The molecule has 0 saturated carbocycles. The first kappa shape index (κ1) is 23.5. The van der Waals surface area contributed by atoms with Crippen molar-refractivity contribution in [3.63, 3.8) is 0 Å². The third-order valence-corrected chi connectivity index (χ3v) is 5.92.